The van der Waals surface area contributed by atoms with Gasteiger partial charge in [0.25, 0.3) is 0 Å². The van der Waals surface area contributed by atoms with E-state index in [4.69, 9.17) is 0 Å². The Morgan fingerprint density at radius 1 is 1.05 bits per heavy atom. The van der Waals surface area contributed by atoms with Gasteiger partial charge >= 0.3 is 0 Å². The van der Waals surface area contributed by atoms with Crippen LogP contribution in [0.2, 0.25) is 0 Å². The first-order valence-corrected chi connectivity index (χ1v) is 6.20. The number of hydrogen-bond acceptors (Lipinski definition) is 3. The molecule has 0 bridgehead atoms. The lowest BCUT2D eigenvalue weighted by molar-refractivity contribution is 1.13. The van der Waals surface area contributed by atoms with Crippen LogP contribution >= 0.6 is 0 Å². The van der Waals surface area contributed by atoms with Gasteiger partial charge in [0.15, 0.2) is 0 Å². The maximum atomic E-state index is 4.28. The van der Waals surface area contributed by atoms with Crippen LogP contribution in [0.3, 0.4) is 0 Å². The molecule has 2 N–H and O–H groups in total. The van der Waals surface area contributed by atoms with Crippen LogP contribution in [0.1, 0.15) is 0 Å². The Balaban J connectivity index is 1.90. The van der Waals surface area contributed by atoms with Gasteiger partial charge in [-0.05, 0) is 36.4 Å². The van der Waals surface area contributed by atoms with Gasteiger partial charge in [0.05, 0.1) is 5.69 Å². The van der Waals surface area contributed by atoms with E-state index >= 15 is 0 Å². The number of benzene rings is 1. The van der Waals surface area contributed by atoms with Crippen LogP contribution in [0, 0.1) is 0 Å². The molecule has 4 heteroatoms. The van der Waals surface area contributed by atoms with E-state index < -0.39 is 0 Å². The first kappa shape index (κ1) is 11.6. The van der Waals surface area contributed by atoms with Crippen molar-refractivity contribution in [2.75, 3.05) is 24.3 Å². The molecule has 0 amide bonds. The van der Waals surface area contributed by atoms with E-state index in [0.29, 0.717) is 0 Å². The minimum Gasteiger partial charge on any atom is -0.378 e. The molecule has 2 aromatic heterocycles. The van der Waals surface area contributed by atoms with Gasteiger partial charge in [0.1, 0.15) is 5.65 Å². The summed E-state index contributed by atoms with van der Waals surface area (Å²) in [5, 5.41) is 4.52. The summed E-state index contributed by atoms with van der Waals surface area (Å²) in [5.74, 6) is 0. The number of fused-ring (bicyclic) bond motifs is 1. The molecular formula is C15H16N4. The number of aromatic amines is 1. The van der Waals surface area contributed by atoms with Crippen LogP contribution in [-0.2, 0) is 0 Å². The fourth-order valence-corrected chi connectivity index (χ4v) is 2.07. The minimum atomic E-state index is 0.898. The van der Waals surface area contributed by atoms with Crippen molar-refractivity contribution in [3.63, 3.8) is 0 Å². The fourth-order valence-electron chi connectivity index (χ4n) is 2.07. The summed E-state index contributed by atoms with van der Waals surface area (Å²) >= 11 is 0. The fraction of sp³-hybridized carbons (Fsp3) is 0.133. The van der Waals surface area contributed by atoms with Crippen molar-refractivity contribution >= 4 is 28.1 Å². The van der Waals surface area contributed by atoms with Crippen LogP contribution in [0.4, 0.5) is 17.1 Å². The van der Waals surface area contributed by atoms with Gasteiger partial charge in [0.2, 0.25) is 0 Å². The molecule has 3 rings (SSSR count). The topological polar surface area (TPSA) is 44.0 Å². The highest BCUT2D eigenvalue weighted by molar-refractivity contribution is 5.91. The number of rotatable bonds is 3. The second kappa shape index (κ2) is 4.65. The average Bonchev–Trinajstić information content (AvgIpc) is 2.89. The number of aromatic nitrogens is 2. The first-order chi connectivity index (χ1) is 9.24. The smallest absolute Gasteiger partial charge is 0.139 e. The molecule has 0 aliphatic heterocycles. The van der Waals surface area contributed by atoms with E-state index in [1.807, 2.05) is 32.4 Å². The predicted molar refractivity (Wildman–Crippen MR) is 80.1 cm³/mol. The zero-order chi connectivity index (χ0) is 13.2. The quantitative estimate of drug-likeness (QED) is 0.751. The predicted octanol–water partition coefficient (Wildman–Crippen LogP) is 3.37. The number of nitrogens with zero attached hydrogens (tertiary/aromatic N) is 2. The van der Waals surface area contributed by atoms with Crippen LogP contribution in [0.15, 0.2) is 48.8 Å². The molecule has 0 aliphatic rings. The van der Waals surface area contributed by atoms with E-state index in [1.165, 1.54) is 5.69 Å². The largest absolute Gasteiger partial charge is 0.378 e. The maximum Gasteiger partial charge on any atom is 0.139 e. The third kappa shape index (κ3) is 2.25. The van der Waals surface area contributed by atoms with Gasteiger partial charge in [-0.3, -0.25) is 0 Å². The second-order valence-electron chi connectivity index (χ2n) is 4.66. The standard InChI is InChI=1S/C15H16N4/c1-19(2)12-5-3-11(4-6-12)18-14-8-10-17-15-13(14)7-9-16-15/h3-10H,1-2H3,(H2,16,17,18). The van der Waals surface area contributed by atoms with Crippen molar-refractivity contribution in [3.05, 3.63) is 48.8 Å². The summed E-state index contributed by atoms with van der Waals surface area (Å²) in [6.07, 6.45) is 3.70. The highest BCUT2D eigenvalue weighted by Crippen LogP contribution is 2.25. The minimum absolute atomic E-state index is 0.898. The van der Waals surface area contributed by atoms with Crippen LogP contribution in [-0.4, -0.2) is 24.1 Å². The lowest BCUT2D eigenvalue weighted by Crippen LogP contribution is -2.08. The summed E-state index contributed by atoms with van der Waals surface area (Å²) in [4.78, 5) is 9.47. The van der Waals surface area contributed by atoms with E-state index in [0.717, 1.165) is 22.4 Å². The van der Waals surface area contributed by atoms with Crippen molar-refractivity contribution in [1.82, 2.24) is 9.97 Å². The summed E-state index contributed by atoms with van der Waals surface area (Å²) in [7, 11) is 4.07. The van der Waals surface area contributed by atoms with E-state index in [9.17, 15) is 0 Å². The molecule has 0 saturated heterocycles. The second-order valence-corrected chi connectivity index (χ2v) is 4.66. The van der Waals surface area contributed by atoms with Crippen LogP contribution in [0.25, 0.3) is 11.0 Å². The van der Waals surface area contributed by atoms with Crippen LogP contribution < -0.4 is 10.2 Å². The summed E-state index contributed by atoms with van der Waals surface area (Å²) < 4.78 is 0. The number of hydrogen-bond donors (Lipinski definition) is 2. The highest BCUT2D eigenvalue weighted by Gasteiger charge is 2.03. The van der Waals surface area contributed by atoms with Crippen molar-refractivity contribution < 1.29 is 0 Å². The number of nitrogens with one attached hydrogen (secondary N) is 2. The molecule has 19 heavy (non-hydrogen) atoms. The van der Waals surface area contributed by atoms with Gasteiger partial charge in [-0.25, -0.2) is 4.98 Å². The zero-order valence-electron chi connectivity index (χ0n) is 11.0. The molecule has 2 heterocycles. The van der Waals surface area contributed by atoms with Gasteiger partial charge in [-0.2, -0.15) is 0 Å². The SMILES string of the molecule is CN(C)c1ccc(Nc2ccnc3[nH]ccc23)cc1. The molecule has 1 aromatic carbocycles. The Bertz CT molecular complexity index is 683. The third-order valence-electron chi connectivity index (χ3n) is 3.12. The zero-order valence-corrected chi connectivity index (χ0v) is 11.0. The van der Waals surface area contributed by atoms with Gasteiger partial charge in [0, 0.05) is 43.3 Å². The van der Waals surface area contributed by atoms with E-state index in [1.54, 1.807) is 6.20 Å². The maximum absolute atomic E-state index is 4.28. The number of anilines is 3. The molecule has 0 spiro atoms. The summed E-state index contributed by atoms with van der Waals surface area (Å²) in [6, 6.07) is 12.4. The van der Waals surface area contributed by atoms with Crippen molar-refractivity contribution in [1.29, 1.82) is 0 Å². The van der Waals surface area contributed by atoms with Crippen molar-refractivity contribution in [2.45, 2.75) is 0 Å². The van der Waals surface area contributed by atoms with Gasteiger partial charge in [-0.1, -0.05) is 0 Å². The number of H-pyrrole nitrogens is 1. The molecule has 0 radical (unpaired) electrons. The summed E-state index contributed by atoms with van der Waals surface area (Å²) in [5.41, 5.74) is 4.21. The van der Waals surface area contributed by atoms with Gasteiger partial charge in [-0.15, -0.1) is 0 Å². The first-order valence-electron chi connectivity index (χ1n) is 6.20. The molecule has 3 aromatic rings. The number of pyridine rings is 1. The van der Waals surface area contributed by atoms with E-state index in [2.05, 4.69) is 44.5 Å². The average molecular weight is 252 g/mol. The Morgan fingerprint density at radius 2 is 1.84 bits per heavy atom. The molecule has 0 fully saturated rings. The van der Waals surface area contributed by atoms with E-state index in [-0.39, 0.29) is 0 Å². The Kier molecular flexibility index (Phi) is 2.83. The Hall–Kier alpha value is -2.49. The molecule has 0 aliphatic carbocycles. The molecule has 0 atom stereocenters. The normalized spacial score (nSPS) is 10.6. The third-order valence-corrected chi connectivity index (χ3v) is 3.12. The monoisotopic (exact) mass is 252 g/mol. The molecular weight excluding hydrogens is 236 g/mol. The molecule has 4 nitrogen and oxygen atoms in total. The molecule has 0 unspecified atom stereocenters. The van der Waals surface area contributed by atoms with Gasteiger partial charge < -0.3 is 15.2 Å². The highest BCUT2D eigenvalue weighted by atomic mass is 15.1. The summed E-state index contributed by atoms with van der Waals surface area (Å²) in [6.45, 7) is 0. The lowest BCUT2D eigenvalue weighted by atomic mass is 10.2. The lowest BCUT2D eigenvalue weighted by Gasteiger charge is -2.13. The Labute approximate surface area is 112 Å². The van der Waals surface area contributed by atoms with Crippen LogP contribution in [0.5, 0.6) is 0 Å². The van der Waals surface area contributed by atoms with Crippen molar-refractivity contribution in [3.8, 4) is 0 Å². The Morgan fingerprint density at radius 3 is 2.58 bits per heavy atom. The molecule has 96 valence electrons. The molecule has 0 saturated carbocycles. The van der Waals surface area contributed by atoms with Crippen molar-refractivity contribution in [2.24, 2.45) is 0 Å².